The highest BCUT2D eigenvalue weighted by Gasteiger charge is 2.20. The lowest BCUT2D eigenvalue weighted by atomic mass is 10.0. The summed E-state index contributed by atoms with van der Waals surface area (Å²) in [6.07, 6.45) is 0. The summed E-state index contributed by atoms with van der Waals surface area (Å²) in [5, 5.41) is 37.0. The van der Waals surface area contributed by atoms with Crippen LogP contribution in [0, 0.1) is 20.8 Å². The molecule has 0 bridgehead atoms. The van der Waals surface area contributed by atoms with Crippen LogP contribution in [0.4, 0.5) is 0 Å². The molecule has 0 amide bonds. The van der Waals surface area contributed by atoms with Gasteiger partial charge in [-0.1, -0.05) is 0 Å². The summed E-state index contributed by atoms with van der Waals surface area (Å²) in [7, 11) is 0. The van der Waals surface area contributed by atoms with Gasteiger partial charge >= 0.3 is 23.9 Å². The third-order valence-electron chi connectivity index (χ3n) is 5.33. The predicted octanol–water partition coefficient (Wildman–Crippen LogP) is 4.99. The average molecular weight is 480 g/mol. The van der Waals surface area contributed by atoms with Gasteiger partial charge in [-0.15, -0.1) is 0 Å². The third kappa shape index (κ3) is 5.06. The zero-order chi connectivity index (χ0) is 26.0. The molecule has 0 atom stereocenters. The molecule has 0 aliphatic rings. The summed E-state index contributed by atoms with van der Waals surface area (Å²) in [5.41, 5.74) is 0.300. The predicted molar refractivity (Wildman–Crippen MR) is 122 cm³/mol. The maximum atomic E-state index is 11.5. The minimum Gasteiger partial charge on any atom is -0.478 e. The van der Waals surface area contributed by atoms with E-state index in [4.69, 9.17) is 9.47 Å². The molecule has 0 heterocycles. The van der Waals surface area contributed by atoms with E-state index >= 15 is 0 Å². The lowest BCUT2D eigenvalue weighted by Crippen LogP contribution is -2.08. The Morgan fingerprint density at radius 2 is 1.00 bits per heavy atom. The molecule has 0 unspecified atom stereocenters. The summed E-state index contributed by atoms with van der Waals surface area (Å²) >= 11 is 0. The van der Waals surface area contributed by atoms with E-state index in [1.54, 1.807) is 26.8 Å². The smallest absolute Gasteiger partial charge is 0.336 e. The number of aromatic carboxylic acids is 4. The second kappa shape index (κ2) is 9.56. The number of hydrogen-bond acceptors (Lipinski definition) is 6. The van der Waals surface area contributed by atoms with E-state index in [9.17, 15) is 39.6 Å². The molecule has 3 rings (SSSR count). The first-order valence-electron chi connectivity index (χ1n) is 10.1. The van der Waals surface area contributed by atoms with Crippen LogP contribution in [0.3, 0.4) is 0 Å². The Hall–Kier alpha value is -4.86. The first kappa shape index (κ1) is 24.8. The Morgan fingerprint density at radius 1 is 0.571 bits per heavy atom. The molecule has 0 radical (unpaired) electrons. The monoisotopic (exact) mass is 480 g/mol. The number of carboxylic acids is 4. The van der Waals surface area contributed by atoms with E-state index in [1.165, 1.54) is 12.1 Å². The van der Waals surface area contributed by atoms with E-state index in [1.807, 2.05) is 0 Å². The molecule has 0 fully saturated rings. The van der Waals surface area contributed by atoms with Crippen LogP contribution in [-0.4, -0.2) is 44.3 Å². The third-order valence-corrected chi connectivity index (χ3v) is 5.33. The van der Waals surface area contributed by atoms with Crippen LogP contribution >= 0.6 is 0 Å². The highest BCUT2D eigenvalue weighted by atomic mass is 16.5. The van der Waals surface area contributed by atoms with E-state index in [0.29, 0.717) is 28.2 Å². The van der Waals surface area contributed by atoms with Gasteiger partial charge in [0.2, 0.25) is 0 Å². The van der Waals surface area contributed by atoms with Crippen molar-refractivity contribution >= 4 is 23.9 Å². The van der Waals surface area contributed by atoms with Crippen molar-refractivity contribution in [2.45, 2.75) is 20.8 Å². The van der Waals surface area contributed by atoms with E-state index in [-0.39, 0.29) is 22.6 Å². The minimum absolute atomic E-state index is 0.123. The Balaban J connectivity index is 1.97. The molecule has 35 heavy (non-hydrogen) atoms. The van der Waals surface area contributed by atoms with Crippen molar-refractivity contribution in [3.05, 3.63) is 81.4 Å². The van der Waals surface area contributed by atoms with Crippen molar-refractivity contribution in [2.24, 2.45) is 0 Å². The molecule has 10 nitrogen and oxygen atoms in total. The molecule has 4 N–H and O–H groups in total. The Bertz CT molecular complexity index is 1390. The molecule has 3 aromatic rings. The van der Waals surface area contributed by atoms with Crippen molar-refractivity contribution in [1.29, 1.82) is 0 Å². The van der Waals surface area contributed by atoms with Crippen molar-refractivity contribution < 1.29 is 49.1 Å². The van der Waals surface area contributed by atoms with Crippen molar-refractivity contribution in [2.75, 3.05) is 0 Å². The largest absolute Gasteiger partial charge is 0.478 e. The van der Waals surface area contributed by atoms with Crippen LogP contribution in [0.5, 0.6) is 23.0 Å². The van der Waals surface area contributed by atoms with E-state index in [2.05, 4.69) is 0 Å². The van der Waals surface area contributed by atoms with Crippen LogP contribution in [0.1, 0.15) is 58.1 Å². The number of carbonyl (C=O) groups is 4. The second-order valence-electron chi connectivity index (χ2n) is 7.61. The summed E-state index contributed by atoms with van der Waals surface area (Å²) in [5.74, 6) is -4.53. The SMILES string of the molecule is Cc1cc(Oc2ccc(C(=O)O)c(C(=O)O)c2)c(C)c(C)c1Oc1ccc(C(=O)O)c(C(=O)O)c1. The average Bonchev–Trinajstić information content (AvgIpc) is 2.79. The lowest BCUT2D eigenvalue weighted by Gasteiger charge is -2.18. The van der Waals surface area contributed by atoms with Gasteiger partial charge in [-0.2, -0.15) is 0 Å². The Kier molecular flexibility index (Phi) is 6.76. The quantitative estimate of drug-likeness (QED) is 0.345. The normalized spacial score (nSPS) is 10.5. The molecule has 0 aliphatic carbocycles. The van der Waals surface area contributed by atoms with E-state index < -0.39 is 35.0 Å². The molecule has 0 saturated heterocycles. The van der Waals surface area contributed by atoms with Gasteiger partial charge in [0, 0.05) is 0 Å². The van der Waals surface area contributed by atoms with Crippen molar-refractivity contribution in [1.82, 2.24) is 0 Å². The summed E-state index contributed by atoms with van der Waals surface area (Å²) < 4.78 is 11.7. The Morgan fingerprint density at radius 3 is 1.43 bits per heavy atom. The number of ether oxygens (including phenoxy) is 2. The fourth-order valence-electron chi connectivity index (χ4n) is 3.43. The highest BCUT2D eigenvalue weighted by molar-refractivity contribution is 6.02. The molecule has 180 valence electrons. The van der Waals surface area contributed by atoms with Gasteiger partial charge < -0.3 is 29.9 Å². The molecule has 10 heteroatoms. The molecule has 0 saturated carbocycles. The van der Waals surface area contributed by atoms with Gasteiger partial charge in [0.1, 0.15) is 23.0 Å². The maximum absolute atomic E-state index is 11.5. The van der Waals surface area contributed by atoms with Crippen molar-refractivity contribution in [3.8, 4) is 23.0 Å². The first-order chi connectivity index (χ1) is 16.4. The van der Waals surface area contributed by atoms with Gasteiger partial charge in [-0.05, 0) is 79.9 Å². The van der Waals surface area contributed by atoms with Gasteiger partial charge in [0.15, 0.2) is 0 Å². The summed E-state index contributed by atoms with van der Waals surface area (Å²) in [6.45, 7) is 5.19. The summed E-state index contributed by atoms with van der Waals surface area (Å²) in [4.78, 5) is 45.4. The molecule has 0 spiro atoms. The molecule has 3 aromatic carbocycles. The van der Waals surface area contributed by atoms with Crippen LogP contribution in [0.25, 0.3) is 0 Å². The second-order valence-corrected chi connectivity index (χ2v) is 7.61. The van der Waals surface area contributed by atoms with E-state index in [0.717, 1.165) is 24.3 Å². The zero-order valence-electron chi connectivity index (χ0n) is 18.8. The molecular weight excluding hydrogens is 460 g/mol. The minimum atomic E-state index is -1.41. The van der Waals surface area contributed by atoms with Gasteiger partial charge in [0.05, 0.1) is 22.3 Å². The highest BCUT2D eigenvalue weighted by Crippen LogP contribution is 2.38. The Labute approximate surface area is 198 Å². The van der Waals surface area contributed by atoms with Gasteiger partial charge in [-0.25, -0.2) is 19.2 Å². The van der Waals surface area contributed by atoms with Crippen molar-refractivity contribution in [3.63, 3.8) is 0 Å². The fraction of sp³-hybridized carbons (Fsp3) is 0.120. The molecule has 0 aromatic heterocycles. The number of carboxylic acid groups (broad SMARTS) is 4. The molecule has 0 aliphatic heterocycles. The number of aryl methyl sites for hydroxylation is 1. The molecular formula is C25H20O10. The summed E-state index contributed by atoms with van der Waals surface area (Å²) in [6, 6.07) is 8.88. The number of benzene rings is 3. The first-order valence-corrected chi connectivity index (χ1v) is 10.1. The zero-order valence-corrected chi connectivity index (χ0v) is 18.8. The van der Waals surface area contributed by atoms with Crippen LogP contribution in [0.15, 0.2) is 42.5 Å². The number of rotatable bonds is 8. The topological polar surface area (TPSA) is 168 Å². The fourth-order valence-corrected chi connectivity index (χ4v) is 3.43. The maximum Gasteiger partial charge on any atom is 0.336 e. The number of hydrogen-bond donors (Lipinski definition) is 4. The van der Waals surface area contributed by atoms with Gasteiger partial charge in [0.25, 0.3) is 0 Å². The standard InChI is InChI=1S/C25H20O10/c1-11-8-20(34-14-4-6-16(22(26)27)18(9-14)24(30)31)12(2)13(3)21(11)35-15-5-7-17(23(28)29)19(10-15)25(32)33/h4-10H,1-3H3,(H,26,27)(H,28,29)(H,30,31)(H,32,33). The lowest BCUT2D eigenvalue weighted by molar-refractivity contribution is 0.0651. The van der Waals surface area contributed by atoms with Crippen LogP contribution < -0.4 is 9.47 Å². The van der Waals surface area contributed by atoms with Crippen LogP contribution in [-0.2, 0) is 0 Å². The van der Waals surface area contributed by atoms with Crippen LogP contribution in [0.2, 0.25) is 0 Å². The van der Waals surface area contributed by atoms with Gasteiger partial charge in [-0.3, -0.25) is 0 Å².